The molecule has 0 spiro atoms. The zero-order valence-electron chi connectivity index (χ0n) is 12.5. The van der Waals surface area contributed by atoms with Gasteiger partial charge in [0.25, 0.3) is 0 Å². The molecule has 4 atom stereocenters. The van der Waals surface area contributed by atoms with E-state index in [-0.39, 0.29) is 10.4 Å². The number of thioether (sulfide) groups is 1. The molecule has 0 unspecified atom stereocenters. The maximum absolute atomic E-state index is 10.2. The predicted octanol–water partition coefficient (Wildman–Crippen LogP) is 0.592. The maximum Gasteiger partial charge on any atom is 0.191 e. The lowest BCUT2D eigenvalue weighted by Gasteiger charge is -2.16. The van der Waals surface area contributed by atoms with Gasteiger partial charge in [0.1, 0.15) is 23.8 Å². The molecule has 0 bridgehead atoms. The van der Waals surface area contributed by atoms with Gasteiger partial charge in [0.2, 0.25) is 0 Å². The number of aromatic nitrogens is 4. The summed E-state index contributed by atoms with van der Waals surface area (Å²) in [4.78, 5) is 12.8. The quantitative estimate of drug-likeness (QED) is 0.412. The highest BCUT2D eigenvalue weighted by Gasteiger charge is 2.44. The second-order valence-electron chi connectivity index (χ2n) is 5.52. The molecule has 8 nitrogen and oxygen atoms in total. The number of rotatable bonds is 4. The van der Waals surface area contributed by atoms with Gasteiger partial charge in [-0.2, -0.15) is 0 Å². The molecule has 1 aliphatic heterocycles. The number of hydrogen-bond donors (Lipinski definition) is 3. The average molecular weight is 361 g/mol. The van der Waals surface area contributed by atoms with E-state index in [2.05, 4.69) is 15.0 Å². The fraction of sp³-hybridized carbons (Fsp3) is 0.615. The van der Waals surface area contributed by atoms with Crippen molar-refractivity contribution in [1.29, 1.82) is 0 Å². The van der Waals surface area contributed by atoms with Gasteiger partial charge in [-0.3, -0.25) is 4.57 Å². The number of imidazole rings is 1. The Morgan fingerprint density at radius 2 is 2.09 bits per heavy atom. The van der Waals surface area contributed by atoms with Crippen molar-refractivity contribution in [3.05, 3.63) is 11.5 Å². The molecular weight excluding hydrogens is 344 g/mol. The first-order chi connectivity index (χ1) is 10.9. The van der Waals surface area contributed by atoms with Gasteiger partial charge < -0.3 is 20.1 Å². The van der Waals surface area contributed by atoms with Crippen molar-refractivity contribution in [2.75, 3.05) is 6.61 Å². The molecule has 0 aromatic carbocycles. The highest BCUT2D eigenvalue weighted by molar-refractivity contribution is 7.99. The molecule has 3 heterocycles. The van der Waals surface area contributed by atoms with Gasteiger partial charge in [0, 0.05) is 5.25 Å². The normalized spacial score (nSPS) is 28.1. The van der Waals surface area contributed by atoms with E-state index < -0.39 is 31.1 Å². The van der Waals surface area contributed by atoms with E-state index in [9.17, 15) is 15.3 Å². The molecule has 0 saturated carbocycles. The Kier molecular flexibility index (Phi) is 4.77. The number of nitrogens with zero attached hydrogens (tertiary/aromatic N) is 4. The van der Waals surface area contributed by atoms with Crippen LogP contribution in [0.1, 0.15) is 20.1 Å². The Morgan fingerprint density at radius 3 is 2.70 bits per heavy atom. The molecule has 0 amide bonds. The number of ether oxygens (including phenoxy) is 1. The van der Waals surface area contributed by atoms with Gasteiger partial charge >= 0.3 is 0 Å². The summed E-state index contributed by atoms with van der Waals surface area (Å²) in [5.41, 5.74) is 0.792. The highest BCUT2D eigenvalue weighted by atomic mass is 35.5. The summed E-state index contributed by atoms with van der Waals surface area (Å²) in [6.07, 6.45) is -2.75. The first-order valence-corrected chi connectivity index (χ1v) is 8.37. The second kappa shape index (κ2) is 6.50. The molecule has 2 aromatic rings. The Morgan fingerprint density at radius 1 is 1.35 bits per heavy atom. The average Bonchev–Trinajstić information content (AvgIpc) is 3.01. The number of fused-ring (bicyclic) bond motifs is 1. The first kappa shape index (κ1) is 16.9. The minimum absolute atomic E-state index is 0.212. The fourth-order valence-electron chi connectivity index (χ4n) is 2.42. The fourth-order valence-corrected chi connectivity index (χ4v) is 3.39. The van der Waals surface area contributed by atoms with E-state index in [1.54, 1.807) is 0 Å². The van der Waals surface area contributed by atoms with Crippen molar-refractivity contribution < 1.29 is 20.1 Å². The van der Waals surface area contributed by atoms with Gasteiger partial charge in [-0.1, -0.05) is 37.2 Å². The molecule has 1 saturated heterocycles. The molecule has 3 rings (SSSR count). The second-order valence-corrected chi connectivity index (χ2v) is 7.42. The van der Waals surface area contributed by atoms with Crippen molar-refractivity contribution in [2.24, 2.45) is 0 Å². The Balaban J connectivity index is 2.03. The molecule has 10 heteroatoms. The van der Waals surface area contributed by atoms with Crippen LogP contribution in [0.4, 0.5) is 0 Å². The van der Waals surface area contributed by atoms with Crippen LogP contribution in [0, 0.1) is 0 Å². The lowest BCUT2D eigenvalue weighted by molar-refractivity contribution is -0.0511. The van der Waals surface area contributed by atoms with Gasteiger partial charge in [0.15, 0.2) is 22.2 Å². The van der Waals surface area contributed by atoms with Crippen LogP contribution in [0.2, 0.25) is 5.15 Å². The SMILES string of the molecule is CC(C)Sc1nc(Cl)c2ncn([C@@H]3O[C@H](CO)[C@@H](O)[C@H]3O)c2n1. The van der Waals surface area contributed by atoms with Crippen molar-refractivity contribution in [3.8, 4) is 0 Å². The lowest BCUT2D eigenvalue weighted by Crippen LogP contribution is -2.33. The van der Waals surface area contributed by atoms with Crippen molar-refractivity contribution in [1.82, 2.24) is 19.5 Å². The third-order valence-electron chi connectivity index (χ3n) is 3.49. The molecule has 126 valence electrons. The number of aliphatic hydroxyl groups is 3. The molecule has 3 N–H and O–H groups in total. The summed E-state index contributed by atoms with van der Waals surface area (Å²) in [6, 6.07) is 0. The molecule has 1 fully saturated rings. The smallest absolute Gasteiger partial charge is 0.191 e. The summed E-state index contributed by atoms with van der Waals surface area (Å²) < 4.78 is 7.01. The summed E-state index contributed by atoms with van der Waals surface area (Å²) in [7, 11) is 0. The summed E-state index contributed by atoms with van der Waals surface area (Å²) in [6.45, 7) is 3.62. The third kappa shape index (κ3) is 3.04. The van der Waals surface area contributed by atoms with Gasteiger partial charge in [-0.15, -0.1) is 0 Å². The molecule has 2 aromatic heterocycles. The molecule has 1 aliphatic rings. The molecule has 23 heavy (non-hydrogen) atoms. The third-order valence-corrected chi connectivity index (χ3v) is 4.62. The molecular formula is C13H17ClN4O4S. The summed E-state index contributed by atoms with van der Waals surface area (Å²) in [5.74, 6) is 0. The van der Waals surface area contributed by atoms with Crippen LogP contribution in [0.15, 0.2) is 11.5 Å². The van der Waals surface area contributed by atoms with E-state index in [1.165, 1.54) is 22.7 Å². The van der Waals surface area contributed by atoms with E-state index in [1.807, 2.05) is 13.8 Å². The first-order valence-electron chi connectivity index (χ1n) is 7.11. The van der Waals surface area contributed by atoms with Crippen LogP contribution < -0.4 is 0 Å². The largest absolute Gasteiger partial charge is 0.394 e. The Labute approximate surface area is 141 Å². The van der Waals surface area contributed by atoms with Crippen LogP contribution in [0.5, 0.6) is 0 Å². The van der Waals surface area contributed by atoms with Crippen LogP contribution in [0.3, 0.4) is 0 Å². The maximum atomic E-state index is 10.2. The zero-order chi connectivity index (χ0) is 16.7. The monoisotopic (exact) mass is 360 g/mol. The van der Waals surface area contributed by atoms with E-state index in [0.29, 0.717) is 16.3 Å². The van der Waals surface area contributed by atoms with Crippen molar-refractivity contribution >= 4 is 34.5 Å². The Bertz CT molecular complexity index is 713. The van der Waals surface area contributed by atoms with Gasteiger partial charge in [-0.25, -0.2) is 15.0 Å². The van der Waals surface area contributed by atoms with Crippen LogP contribution >= 0.6 is 23.4 Å². The van der Waals surface area contributed by atoms with Gasteiger partial charge in [-0.05, 0) is 0 Å². The van der Waals surface area contributed by atoms with Crippen molar-refractivity contribution in [2.45, 2.75) is 48.8 Å². The van der Waals surface area contributed by atoms with Crippen LogP contribution in [-0.2, 0) is 4.74 Å². The Hall–Kier alpha value is -0.970. The molecule has 0 radical (unpaired) electrons. The lowest BCUT2D eigenvalue weighted by atomic mass is 10.1. The zero-order valence-corrected chi connectivity index (χ0v) is 14.1. The van der Waals surface area contributed by atoms with E-state index in [4.69, 9.17) is 16.3 Å². The number of aliphatic hydroxyl groups excluding tert-OH is 3. The van der Waals surface area contributed by atoms with Gasteiger partial charge in [0.05, 0.1) is 12.9 Å². The topological polar surface area (TPSA) is 114 Å². The standard InChI is InChI=1S/C13H17ClN4O4S/c1-5(2)23-13-16-10(14)7-11(17-13)18(4-15-7)12-9(21)8(20)6(3-19)22-12/h4-6,8-9,12,19-21H,3H2,1-2H3/t6-,8-,9-,12-/m1/s1. The predicted molar refractivity (Wildman–Crippen MR) is 84.3 cm³/mol. The van der Waals surface area contributed by atoms with E-state index in [0.717, 1.165) is 0 Å². The minimum atomic E-state index is -1.21. The molecule has 0 aliphatic carbocycles. The highest BCUT2D eigenvalue weighted by Crippen LogP contribution is 2.33. The van der Waals surface area contributed by atoms with Crippen molar-refractivity contribution in [3.63, 3.8) is 0 Å². The minimum Gasteiger partial charge on any atom is -0.394 e. The number of hydrogen-bond acceptors (Lipinski definition) is 8. The van der Waals surface area contributed by atoms with E-state index >= 15 is 0 Å². The van der Waals surface area contributed by atoms with Crippen LogP contribution in [-0.4, -0.2) is 65.0 Å². The number of halogens is 1. The van der Waals surface area contributed by atoms with Crippen LogP contribution in [0.25, 0.3) is 11.2 Å². The summed E-state index contributed by atoms with van der Waals surface area (Å²) >= 11 is 7.60. The summed E-state index contributed by atoms with van der Waals surface area (Å²) in [5, 5.41) is 30.2.